The normalized spacial score (nSPS) is 14.2. The molecule has 9 aromatic carbocycles. The molecule has 0 fully saturated rings. The fourth-order valence-corrected chi connectivity index (χ4v) is 11.0. The lowest BCUT2D eigenvalue weighted by atomic mass is 9.70. The van der Waals surface area contributed by atoms with E-state index in [0.717, 1.165) is 5.69 Å². The van der Waals surface area contributed by atoms with Gasteiger partial charge in [0.2, 0.25) is 0 Å². The van der Waals surface area contributed by atoms with E-state index in [-0.39, 0.29) is 5.41 Å². The minimum atomic E-state index is -0.444. The van der Waals surface area contributed by atoms with Crippen molar-refractivity contribution in [3.05, 3.63) is 246 Å². The van der Waals surface area contributed by atoms with Crippen LogP contribution in [0.25, 0.3) is 55.6 Å². The van der Waals surface area contributed by atoms with Gasteiger partial charge in [0.15, 0.2) is 0 Å². The van der Waals surface area contributed by atoms with Crippen LogP contribution >= 0.6 is 0 Å². The fraction of sp³-hybridized carbons (Fsp3) is 0.0690. The summed E-state index contributed by atoms with van der Waals surface area (Å²) in [6.07, 6.45) is 0. The first-order chi connectivity index (χ1) is 29.1. The van der Waals surface area contributed by atoms with E-state index < -0.39 is 5.41 Å². The van der Waals surface area contributed by atoms with E-state index in [2.05, 4.69) is 231 Å². The summed E-state index contributed by atoms with van der Waals surface area (Å²) >= 11 is 0. The molecule has 0 heterocycles. The van der Waals surface area contributed by atoms with Crippen LogP contribution in [0.2, 0.25) is 0 Å². The molecule has 0 amide bonds. The monoisotopic (exact) mass is 751 g/mol. The minimum absolute atomic E-state index is 0.146. The highest BCUT2D eigenvalue weighted by Crippen LogP contribution is 2.65. The molecule has 0 atom stereocenters. The highest BCUT2D eigenvalue weighted by molar-refractivity contribution is 6.04. The summed E-state index contributed by atoms with van der Waals surface area (Å²) in [7, 11) is 0. The Bertz CT molecular complexity index is 3090. The second-order valence-corrected chi connectivity index (χ2v) is 16.8. The summed E-state index contributed by atoms with van der Waals surface area (Å²) in [5.41, 5.74) is 23.6. The minimum Gasteiger partial charge on any atom is -0.309 e. The van der Waals surface area contributed by atoms with Crippen LogP contribution in [0.3, 0.4) is 0 Å². The average molecular weight is 752 g/mol. The number of benzene rings is 9. The van der Waals surface area contributed by atoms with Crippen molar-refractivity contribution in [2.45, 2.75) is 24.7 Å². The van der Waals surface area contributed by atoms with Crippen molar-refractivity contribution in [3.8, 4) is 55.6 Å². The van der Waals surface area contributed by atoms with Crippen LogP contribution in [0, 0.1) is 0 Å². The molecule has 0 saturated carbocycles. The maximum atomic E-state index is 2.58. The van der Waals surface area contributed by atoms with E-state index in [1.807, 2.05) is 0 Å². The van der Waals surface area contributed by atoms with Gasteiger partial charge in [-0.05, 0) is 102 Å². The third kappa shape index (κ3) is 4.62. The van der Waals surface area contributed by atoms with Crippen LogP contribution in [0.1, 0.15) is 47.2 Å². The van der Waals surface area contributed by atoms with Crippen LogP contribution in [0.15, 0.2) is 212 Å². The second kappa shape index (κ2) is 12.6. The molecule has 9 aromatic rings. The van der Waals surface area contributed by atoms with Gasteiger partial charge in [0.25, 0.3) is 0 Å². The van der Waals surface area contributed by atoms with E-state index in [4.69, 9.17) is 0 Å². The van der Waals surface area contributed by atoms with Crippen molar-refractivity contribution >= 4 is 17.1 Å². The molecule has 0 unspecified atom stereocenters. The third-order valence-electron chi connectivity index (χ3n) is 13.5. The average Bonchev–Trinajstić information content (AvgIpc) is 3.86. The van der Waals surface area contributed by atoms with Crippen molar-refractivity contribution in [1.82, 2.24) is 0 Å². The number of hydrogen-bond donors (Lipinski definition) is 0. The van der Waals surface area contributed by atoms with Crippen LogP contribution in [0.5, 0.6) is 0 Å². The molecule has 1 spiro atoms. The van der Waals surface area contributed by atoms with E-state index in [1.54, 1.807) is 0 Å². The Kier molecular flexibility index (Phi) is 7.26. The Labute approximate surface area is 346 Å². The Morgan fingerprint density at radius 3 is 1.32 bits per heavy atom. The van der Waals surface area contributed by atoms with E-state index >= 15 is 0 Å². The summed E-state index contributed by atoms with van der Waals surface area (Å²) < 4.78 is 0. The first kappa shape index (κ1) is 33.9. The van der Waals surface area contributed by atoms with E-state index in [1.165, 1.54) is 100 Å². The van der Waals surface area contributed by atoms with E-state index in [0.29, 0.717) is 0 Å². The number of nitrogens with zero attached hydrogens (tertiary/aromatic N) is 1. The second-order valence-electron chi connectivity index (χ2n) is 16.8. The molecule has 0 N–H and O–H groups in total. The zero-order chi connectivity index (χ0) is 39.3. The van der Waals surface area contributed by atoms with Gasteiger partial charge in [-0.2, -0.15) is 0 Å². The zero-order valence-electron chi connectivity index (χ0n) is 33.2. The Hall–Kier alpha value is -7.22. The molecule has 0 aliphatic heterocycles. The highest BCUT2D eigenvalue weighted by atomic mass is 15.1. The third-order valence-corrected chi connectivity index (χ3v) is 13.5. The van der Waals surface area contributed by atoms with Gasteiger partial charge in [0.05, 0.1) is 16.8 Å². The number of rotatable bonds is 5. The topological polar surface area (TPSA) is 3.24 Å². The van der Waals surface area contributed by atoms with Crippen LogP contribution in [-0.4, -0.2) is 0 Å². The Balaban J connectivity index is 1.20. The van der Waals surface area contributed by atoms with Crippen molar-refractivity contribution in [1.29, 1.82) is 0 Å². The summed E-state index contributed by atoms with van der Waals surface area (Å²) in [5, 5.41) is 0. The quantitative estimate of drug-likeness (QED) is 0.169. The molecule has 1 heteroatoms. The smallest absolute Gasteiger partial charge is 0.0726 e. The highest BCUT2D eigenvalue weighted by Gasteiger charge is 2.52. The van der Waals surface area contributed by atoms with Gasteiger partial charge in [-0.1, -0.05) is 202 Å². The van der Waals surface area contributed by atoms with E-state index in [9.17, 15) is 0 Å². The molecular weight excluding hydrogens is 711 g/mol. The predicted molar refractivity (Wildman–Crippen MR) is 246 cm³/mol. The summed E-state index contributed by atoms with van der Waals surface area (Å²) in [5.74, 6) is 0. The molecule has 59 heavy (non-hydrogen) atoms. The standard InChI is InChI=1S/C58H41N/c1-57(2)47-27-13-11-25-44(47)55-51(57)31-17-33-53(55)59(40-35-36-41(38-19-5-3-6-20-38)46(37-40)39-21-7-4-8-22-39)54-34-18-32-52-56(54)45-26-12-16-30-50(45)58(52)48-28-14-9-23-42(48)43-24-10-15-29-49(43)58/h3-37H,1-2H3. The summed E-state index contributed by atoms with van der Waals surface area (Å²) in [6.45, 7) is 4.76. The van der Waals surface area contributed by atoms with Crippen molar-refractivity contribution in [3.63, 3.8) is 0 Å². The maximum Gasteiger partial charge on any atom is 0.0726 e. The summed E-state index contributed by atoms with van der Waals surface area (Å²) in [6, 6.07) is 79.2. The molecule has 3 aliphatic carbocycles. The lowest BCUT2D eigenvalue weighted by Gasteiger charge is -2.33. The maximum absolute atomic E-state index is 2.58. The molecule has 3 aliphatic rings. The van der Waals surface area contributed by atoms with Crippen molar-refractivity contribution < 1.29 is 0 Å². The first-order valence-corrected chi connectivity index (χ1v) is 20.8. The molecule has 0 saturated heterocycles. The lowest BCUT2D eigenvalue weighted by molar-refractivity contribution is 0.660. The first-order valence-electron chi connectivity index (χ1n) is 20.8. The SMILES string of the molecule is CC1(C)c2ccccc2-c2c(N(c3ccc(-c4ccccc4)c(-c4ccccc4)c3)c3cccc4c3-c3ccccc3C43c4ccccc4-c4ccccc43)cccc21. The van der Waals surface area contributed by atoms with Gasteiger partial charge in [0, 0.05) is 22.2 Å². The van der Waals surface area contributed by atoms with Gasteiger partial charge in [0.1, 0.15) is 0 Å². The van der Waals surface area contributed by atoms with Gasteiger partial charge in [-0.15, -0.1) is 0 Å². The predicted octanol–water partition coefficient (Wildman–Crippen LogP) is 15.1. The number of fused-ring (bicyclic) bond motifs is 13. The molecular formula is C58H41N. The largest absolute Gasteiger partial charge is 0.309 e. The summed E-state index contributed by atoms with van der Waals surface area (Å²) in [4.78, 5) is 2.58. The van der Waals surface area contributed by atoms with Crippen LogP contribution in [-0.2, 0) is 10.8 Å². The molecule has 278 valence electrons. The molecule has 1 nitrogen and oxygen atoms in total. The van der Waals surface area contributed by atoms with Gasteiger partial charge in [-0.3, -0.25) is 0 Å². The molecule has 12 rings (SSSR count). The number of anilines is 3. The molecule has 0 bridgehead atoms. The van der Waals surface area contributed by atoms with Gasteiger partial charge >= 0.3 is 0 Å². The lowest BCUT2D eigenvalue weighted by Crippen LogP contribution is -2.26. The zero-order valence-corrected chi connectivity index (χ0v) is 33.2. The Morgan fingerprint density at radius 2 is 0.729 bits per heavy atom. The fourth-order valence-electron chi connectivity index (χ4n) is 11.0. The van der Waals surface area contributed by atoms with Gasteiger partial charge < -0.3 is 4.90 Å². The number of hydrogen-bond acceptors (Lipinski definition) is 1. The molecule has 0 radical (unpaired) electrons. The van der Waals surface area contributed by atoms with Crippen molar-refractivity contribution in [2.75, 3.05) is 4.90 Å². The van der Waals surface area contributed by atoms with Crippen LogP contribution in [0.4, 0.5) is 17.1 Å². The van der Waals surface area contributed by atoms with Crippen molar-refractivity contribution in [2.24, 2.45) is 0 Å². The van der Waals surface area contributed by atoms with Gasteiger partial charge in [-0.25, -0.2) is 0 Å². The Morgan fingerprint density at radius 1 is 0.305 bits per heavy atom. The molecule has 0 aromatic heterocycles. The van der Waals surface area contributed by atoms with Crippen LogP contribution < -0.4 is 4.90 Å².